The molecule has 60 valence electrons. The Morgan fingerprint density at radius 1 is 1.40 bits per heavy atom. The third kappa shape index (κ3) is 4.80. The Balaban J connectivity index is 3.73. The van der Waals surface area contributed by atoms with E-state index in [-0.39, 0.29) is 0 Å². The topological polar surface area (TPSA) is 0 Å². The Hall–Kier alpha value is -0.0431. The highest BCUT2D eigenvalue weighted by Gasteiger charge is 2.19. The van der Waals surface area contributed by atoms with Gasteiger partial charge in [0.05, 0.1) is 8.07 Å². The second kappa shape index (κ2) is 3.97. The summed E-state index contributed by atoms with van der Waals surface area (Å²) in [5, 5.41) is 0. The minimum absolute atomic E-state index is 0.863. The molecule has 0 aliphatic carbocycles. The smallest absolute Gasteiger partial charge is 0.0513 e. The molecule has 0 spiro atoms. The average molecular weight is 156 g/mol. The highest BCUT2D eigenvalue weighted by atomic mass is 28.3. The zero-order valence-electron chi connectivity index (χ0n) is 7.78. The summed E-state index contributed by atoms with van der Waals surface area (Å²) >= 11 is 0. The number of hydrogen-bond acceptors (Lipinski definition) is 0. The van der Waals surface area contributed by atoms with Crippen LogP contribution in [0.2, 0.25) is 25.2 Å². The van der Waals surface area contributed by atoms with Gasteiger partial charge in [0.15, 0.2) is 0 Å². The third-order valence-electron chi connectivity index (χ3n) is 1.66. The predicted molar refractivity (Wildman–Crippen MR) is 52.1 cm³/mol. The van der Waals surface area contributed by atoms with Gasteiger partial charge in [0.25, 0.3) is 0 Å². The summed E-state index contributed by atoms with van der Waals surface area (Å²) in [4.78, 5) is 0. The molecule has 0 unspecified atom stereocenters. The summed E-state index contributed by atoms with van der Waals surface area (Å²) < 4.78 is 0. The fourth-order valence-corrected chi connectivity index (χ4v) is 4.74. The van der Waals surface area contributed by atoms with Crippen LogP contribution in [0.1, 0.15) is 13.8 Å². The van der Waals surface area contributed by atoms with Crippen LogP contribution in [0.25, 0.3) is 0 Å². The SMILES string of the molecule is C=CC[Si](C)(C)CC(C)C. The van der Waals surface area contributed by atoms with Gasteiger partial charge < -0.3 is 0 Å². The Labute approximate surface area is 66.4 Å². The van der Waals surface area contributed by atoms with E-state index in [0.29, 0.717) is 0 Å². The second-order valence-corrected chi connectivity index (χ2v) is 9.40. The van der Waals surface area contributed by atoms with Crippen LogP contribution in [0.4, 0.5) is 0 Å². The van der Waals surface area contributed by atoms with Crippen molar-refractivity contribution >= 4 is 8.07 Å². The number of rotatable bonds is 4. The van der Waals surface area contributed by atoms with E-state index in [1.165, 1.54) is 12.1 Å². The van der Waals surface area contributed by atoms with Crippen molar-refractivity contribution in [1.29, 1.82) is 0 Å². The fourth-order valence-electron chi connectivity index (χ4n) is 1.58. The zero-order chi connectivity index (χ0) is 8.20. The molecule has 1 heteroatoms. The molecule has 0 saturated heterocycles. The van der Waals surface area contributed by atoms with E-state index in [2.05, 4.69) is 39.6 Å². The molecular weight excluding hydrogens is 136 g/mol. The minimum Gasteiger partial charge on any atom is -0.103 e. The molecule has 0 aromatic rings. The molecule has 0 fully saturated rings. The highest BCUT2D eigenvalue weighted by Crippen LogP contribution is 2.20. The van der Waals surface area contributed by atoms with Crippen LogP contribution < -0.4 is 0 Å². The Bertz CT molecular complexity index is 103. The summed E-state index contributed by atoms with van der Waals surface area (Å²) in [7, 11) is -0.884. The quantitative estimate of drug-likeness (QED) is 0.431. The molecule has 0 aliphatic heterocycles. The van der Waals surface area contributed by atoms with E-state index in [1.54, 1.807) is 0 Å². The number of allylic oxidation sites excluding steroid dienone is 1. The molecule has 0 N–H and O–H groups in total. The third-order valence-corrected chi connectivity index (χ3v) is 4.97. The molecule has 0 aromatic carbocycles. The van der Waals surface area contributed by atoms with Crippen molar-refractivity contribution < 1.29 is 0 Å². The van der Waals surface area contributed by atoms with Gasteiger partial charge in [0.1, 0.15) is 0 Å². The van der Waals surface area contributed by atoms with Crippen LogP contribution in [0, 0.1) is 5.92 Å². The van der Waals surface area contributed by atoms with E-state index < -0.39 is 8.07 Å². The Morgan fingerprint density at radius 3 is 2.20 bits per heavy atom. The average Bonchev–Trinajstić information content (AvgIpc) is 1.59. The zero-order valence-corrected chi connectivity index (χ0v) is 8.78. The second-order valence-electron chi connectivity index (χ2n) is 4.25. The molecule has 0 aliphatic rings. The van der Waals surface area contributed by atoms with Gasteiger partial charge in [0.2, 0.25) is 0 Å². The summed E-state index contributed by atoms with van der Waals surface area (Å²) in [6, 6.07) is 2.70. The van der Waals surface area contributed by atoms with Crippen molar-refractivity contribution in [2.24, 2.45) is 5.92 Å². The lowest BCUT2D eigenvalue weighted by Gasteiger charge is -2.22. The van der Waals surface area contributed by atoms with Crippen LogP contribution in [-0.4, -0.2) is 8.07 Å². The van der Waals surface area contributed by atoms with E-state index in [4.69, 9.17) is 0 Å². The molecule has 0 heterocycles. The maximum absolute atomic E-state index is 3.79. The van der Waals surface area contributed by atoms with Crippen molar-refractivity contribution in [3.63, 3.8) is 0 Å². The van der Waals surface area contributed by atoms with Gasteiger partial charge in [-0.2, -0.15) is 0 Å². The first kappa shape index (κ1) is 9.96. The molecule has 0 nitrogen and oxygen atoms in total. The monoisotopic (exact) mass is 156 g/mol. The molecule has 0 radical (unpaired) electrons. The Morgan fingerprint density at radius 2 is 1.90 bits per heavy atom. The maximum atomic E-state index is 3.79. The van der Waals surface area contributed by atoms with E-state index in [9.17, 15) is 0 Å². The van der Waals surface area contributed by atoms with E-state index >= 15 is 0 Å². The van der Waals surface area contributed by atoms with Crippen LogP contribution in [0.5, 0.6) is 0 Å². The molecular formula is C9H20Si. The van der Waals surface area contributed by atoms with Crippen LogP contribution >= 0.6 is 0 Å². The highest BCUT2D eigenvalue weighted by molar-refractivity contribution is 6.77. The van der Waals surface area contributed by atoms with Gasteiger partial charge in [-0.1, -0.05) is 39.1 Å². The maximum Gasteiger partial charge on any atom is 0.0513 e. The van der Waals surface area contributed by atoms with Crippen LogP contribution in [-0.2, 0) is 0 Å². The lowest BCUT2D eigenvalue weighted by Crippen LogP contribution is -2.25. The molecule has 0 aromatic heterocycles. The summed E-state index contributed by atoms with van der Waals surface area (Å²) in [5.41, 5.74) is 0. The van der Waals surface area contributed by atoms with Gasteiger partial charge >= 0.3 is 0 Å². The van der Waals surface area contributed by atoms with Crippen molar-refractivity contribution in [2.45, 2.75) is 39.0 Å². The molecule has 0 rings (SSSR count). The van der Waals surface area contributed by atoms with E-state index in [0.717, 1.165) is 5.92 Å². The van der Waals surface area contributed by atoms with Gasteiger partial charge in [0, 0.05) is 0 Å². The number of hydrogen-bond donors (Lipinski definition) is 0. The Kier molecular flexibility index (Phi) is 3.95. The molecule has 0 bridgehead atoms. The van der Waals surface area contributed by atoms with Gasteiger partial charge in [-0.25, -0.2) is 0 Å². The lowest BCUT2D eigenvalue weighted by atomic mass is 10.3. The molecule has 0 amide bonds. The fraction of sp³-hybridized carbons (Fsp3) is 0.778. The van der Waals surface area contributed by atoms with Crippen molar-refractivity contribution in [3.8, 4) is 0 Å². The van der Waals surface area contributed by atoms with Gasteiger partial charge in [-0.15, -0.1) is 6.58 Å². The van der Waals surface area contributed by atoms with Gasteiger partial charge in [-0.3, -0.25) is 0 Å². The van der Waals surface area contributed by atoms with Gasteiger partial charge in [-0.05, 0) is 12.0 Å². The van der Waals surface area contributed by atoms with Crippen molar-refractivity contribution in [3.05, 3.63) is 12.7 Å². The lowest BCUT2D eigenvalue weighted by molar-refractivity contribution is 0.719. The van der Waals surface area contributed by atoms with E-state index in [1.807, 2.05) is 0 Å². The standard InChI is InChI=1S/C9H20Si/c1-6-7-10(4,5)8-9(2)3/h6,9H,1,7-8H2,2-5H3. The first-order valence-corrected chi connectivity index (χ1v) is 7.50. The van der Waals surface area contributed by atoms with Crippen LogP contribution in [0.15, 0.2) is 12.7 Å². The van der Waals surface area contributed by atoms with Crippen molar-refractivity contribution in [2.75, 3.05) is 0 Å². The normalized spacial score (nSPS) is 12.1. The summed E-state index contributed by atoms with van der Waals surface area (Å²) in [5.74, 6) is 0.863. The minimum atomic E-state index is -0.884. The first-order valence-electron chi connectivity index (χ1n) is 4.09. The summed E-state index contributed by atoms with van der Waals surface area (Å²) in [6.45, 7) is 13.3. The molecule has 0 atom stereocenters. The largest absolute Gasteiger partial charge is 0.103 e. The molecule has 10 heavy (non-hydrogen) atoms. The summed E-state index contributed by atoms with van der Waals surface area (Å²) in [6.07, 6.45) is 2.08. The van der Waals surface area contributed by atoms with Crippen molar-refractivity contribution in [1.82, 2.24) is 0 Å². The molecule has 0 saturated carbocycles. The van der Waals surface area contributed by atoms with Crippen LogP contribution in [0.3, 0.4) is 0 Å². The first-order chi connectivity index (χ1) is 4.48. The predicted octanol–water partition coefficient (Wildman–Crippen LogP) is 3.54.